The molecule has 0 aliphatic carbocycles. The number of hydrogen-bond acceptors (Lipinski definition) is 5. The highest BCUT2D eigenvalue weighted by Gasteiger charge is 2.15. The smallest absolute Gasteiger partial charge is 0.346 e. The predicted molar refractivity (Wildman–Crippen MR) is 98.9 cm³/mol. The van der Waals surface area contributed by atoms with Crippen molar-refractivity contribution in [1.29, 1.82) is 0 Å². The van der Waals surface area contributed by atoms with E-state index >= 15 is 0 Å². The number of carbonyl (C=O) groups is 1. The number of aromatic hydroxyl groups is 1. The van der Waals surface area contributed by atoms with Gasteiger partial charge in [-0.25, -0.2) is 4.79 Å². The number of H-pyrrole nitrogens is 2. The van der Waals surface area contributed by atoms with Gasteiger partial charge in [0.15, 0.2) is 5.69 Å². The first-order valence-electron chi connectivity index (χ1n) is 7.48. The van der Waals surface area contributed by atoms with Gasteiger partial charge in [-0.3, -0.25) is 4.79 Å². The Bertz CT molecular complexity index is 1260. The molecule has 0 atom stereocenters. The molecule has 128 valence electrons. The molecule has 8 nitrogen and oxygen atoms in total. The highest BCUT2D eigenvalue weighted by Crippen LogP contribution is 2.36. The second kappa shape index (κ2) is 6.19. The van der Waals surface area contributed by atoms with E-state index in [-0.39, 0.29) is 17.3 Å². The van der Waals surface area contributed by atoms with Crippen LogP contribution in [0.2, 0.25) is 0 Å². The number of azo groups is 1. The second-order valence-corrected chi connectivity index (χ2v) is 6.37. The van der Waals surface area contributed by atoms with Gasteiger partial charge in [0, 0.05) is 15.2 Å². The largest absolute Gasteiger partial charge is 0.493 e. The fraction of sp³-hybridized carbons (Fsp3) is 0. The first-order chi connectivity index (χ1) is 12.5. The van der Waals surface area contributed by atoms with E-state index in [1.54, 1.807) is 42.5 Å². The molecule has 0 radical (unpaired) electrons. The summed E-state index contributed by atoms with van der Waals surface area (Å²) in [6, 6.07) is 12.0. The predicted octanol–water partition coefficient (Wildman–Crippen LogP) is 3.80. The summed E-state index contributed by atoms with van der Waals surface area (Å²) < 4.78 is 0.824. The van der Waals surface area contributed by atoms with Gasteiger partial charge in [0.25, 0.3) is 0 Å². The molecule has 26 heavy (non-hydrogen) atoms. The van der Waals surface area contributed by atoms with Crippen LogP contribution in [0, 0.1) is 0 Å². The molecule has 0 spiro atoms. The first kappa shape index (κ1) is 16.2. The molecule has 0 aliphatic rings. The van der Waals surface area contributed by atoms with Gasteiger partial charge in [0.1, 0.15) is 5.69 Å². The van der Waals surface area contributed by atoms with Gasteiger partial charge in [0.05, 0.1) is 11.0 Å². The van der Waals surface area contributed by atoms with E-state index in [4.69, 9.17) is 0 Å². The number of amides is 1. The monoisotopic (exact) mass is 411 g/mol. The SMILES string of the molecule is O=C(N=Nc1c(O)[nH]c2cc(Br)ccc12)c1nc(=O)[nH]c2ccccc12. The summed E-state index contributed by atoms with van der Waals surface area (Å²) in [5.41, 5.74) is 0.496. The summed E-state index contributed by atoms with van der Waals surface area (Å²) in [7, 11) is 0. The normalized spacial score (nSPS) is 11.6. The van der Waals surface area contributed by atoms with Gasteiger partial charge in [-0.15, -0.1) is 10.2 Å². The van der Waals surface area contributed by atoms with E-state index in [2.05, 4.69) is 41.1 Å². The van der Waals surface area contributed by atoms with Gasteiger partial charge in [0.2, 0.25) is 5.88 Å². The lowest BCUT2D eigenvalue weighted by Gasteiger charge is -2.00. The maximum atomic E-state index is 12.4. The van der Waals surface area contributed by atoms with E-state index in [1.165, 1.54) is 0 Å². The molecular weight excluding hydrogens is 402 g/mol. The maximum Gasteiger partial charge on any atom is 0.346 e. The van der Waals surface area contributed by atoms with Crippen LogP contribution in [-0.2, 0) is 0 Å². The minimum absolute atomic E-state index is 0.102. The van der Waals surface area contributed by atoms with E-state index in [1.807, 2.05) is 0 Å². The number of aromatic nitrogens is 3. The van der Waals surface area contributed by atoms with E-state index in [0.29, 0.717) is 21.8 Å². The zero-order valence-electron chi connectivity index (χ0n) is 13.0. The van der Waals surface area contributed by atoms with E-state index in [9.17, 15) is 14.7 Å². The van der Waals surface area contributed by atoms with Crippen molar-refractivity contribution in [3.05, 3.63) is 63.1 Å². The fourth-order valence-corrected chi connectivity index (χ4v) is 3.01. The molecule has 2 heterocycles. The number of nitrogens with zero attached hydrogens (tertiary/aromatic N) is 3. The maximum absolute atomic E-state index is 12.4. The summed E-state index contributed by atoms with van der Waals surface area (Å²) in [6.07, 6.45) is 0. The van der Waals surface area contributed by atoms with Gasteiger partial charge in [-0.1, -0.05) is 34.1 Å². The van der Waals surface area contributed by atoms with Gasteiger partial charge in [-0.05, 0) is 24.3 Å². The van der Waals surface area contributed by atoms with Crippen molar-refractivity contribution in [2.24, 2.45) is 10.2 Å². The lowest BCUT2D eigenvalue weighted by atomic mass is 10.2. The minimum atomic E-state index is -0.779. The molecule has 0 aliphatic heterocycles. The average molecular weight is 412 g/mol. The molecule has 9 heteroatoms. The molecule has 0 unspecified atom stereocenters. The van der Waals surface area contributed by atoms with Crippen LogP contribution in [-0.4, -0.2) is 26.0 Å². The summed E-state index contributed by atoms with van der Waals surface area (Å²) >= 11 is 3.34. The molecular formula is C17H10BrN5O3. The Hall–Kier alpha value is -3.33. The summed E-state index contributed by atoms with van der Waals surface area (Å²) in [4.78, 5) is 33.1. The third kappa shape index (κ3) is 2.78. The van der Waals surface area contributed by atoms with Crippen molar-refractivity contribution in [3.8, 4) is 5.88 Å². The fourth-order valence-electron chi connectivity index (χ4n) is 2.65. The molecule has 2 aromatic carbocycles. The van der Waals surface area contributed by atoms with Gasteiger partial charge >= 0.3 is 11.6 Å². The Kier molecular flexibility index (Phi) is 3.85. The van der Waals surface area contributed by atoms with Crippen molar-refractivity contribution in [1.82, 2.24) is 15.0 Å². The zero-order chi connectivity index (χ0) is 18.3. The highest BCUT2D eigenvalue weighted by molar-refractivity contribution is 9.10. The number of nitrogens with one attached hydrogen (secondary N) is 2. The van der Waals surface area contributed by atoms with Crippen LogP contribution in [0.3, 0.4) is 0 Å². The van der Waals surface area contributed by atoms with Crippen molar-refractivity contribution in [2.45, 2.75) is 0 Å². The standard InChI is InChI=1S/C17H10BrN5O3/c18-8-5-6-10-12(7-8)19-15(24)14(10)22-23-16(25)13-9-3-1-2-4-11(9)20-17(26)21-13/h1-7,19,24H,(H,20,21,26). The molecule has 0 saturated carbocycles. The number of carbonyl (C=O) groups excluding carboxylic acids is 1. The molecule has 3 N–H and O–H groups in total. The Labute approximate surface area is 153 Å². The summed E-state index contributed by atoms with van der Waals surface area (Å²) in [5.74, 6) is -0.989. The molecule has 4 aromatic rings. The summed E-state index contributed by atoms with van der Waals surface area (Å²) in [5, 5.41) is 18.6. The molecule has 0 saturated heterocycles. The number of fused-ring (bicyclic) bond motifs is 2. The number of halogens is 1. The number of hydrogen-bond donors (Lipinski definition) is 3. The number of para-hydroxylation sites is 1. The Balaban J connectivity index is 1.78. The lowest BCUT2D eigenvalue weighted by molar-refractivity contribution is 0.0991. The molecule has 1 amide bonds. The van der Waals surface area contributed by atoms with Crippen molar-refractivity contribution in [2.75, 3.05) is 0 Å². The Morgan fingerprint density at radius 3 is 2.73 bits per heavy atom. The van der Waals surface area contributed by atoms with Gasteiger partial charge < -0.3 is 15.1 Å². The Morgan fingerprint density at radius 1 is 1.08 bits per heavy atom. The van der Waals surface area contributed by atoms with Crippen LogP contribution in [0.25, 0.3) is 21.8 Å². The molecule has 4 rings (SSSR count). The molecule has 2 aromatic heterocycles. The van der Waals surface area contributed by atoms with Crippen LogP contribution in [0.1, 0.15) is 10.5 Å². The number of benzene rings is 2. The second-order valence-electron chi connectivity index (χ2n) is 5.45. The first-order valence-corrected chi connectivity index (χ1v) is 8.27. The number of rotatable bonds is 2. The van der Waals surface area contributed by atoms with Crippen LogP contribution in [0.4, 0.5) is 5.69 Å². The Morgan fingerprint density at radius 2 is 1.88 bits per heavy atom. The quantitative estimate of drug-likeness (QED) is 0.433. The topological polar surface area (TPSA) is 124 Å². The van der Waals surface area contributed by atoms with Crippen LogP contribution >= 0.6 is 15.9 Å². The minimum Gasteiger partial charge on any atom is -0.493 e. The number of aromatic amines is 2. The lowest BCUT2D eigenvalue weighted by Crippen LogP contribution is -2.15. The van der Waals surface area contributed by atoms with E-state index < -0.39 is 11.6 Å². The van der Waals surface area contributed by atoms with Crippen LogP contribution < -0.4 is 5.69 Å². The third-order valence-corrected chi connectivity index (χ3v) is 4.29. The van der Waals surface area contributed by atoms with Crippen molar-refractivity contribution in [3.63, 3.8) is 0 Å². The summed E-state index contributed by atoms with van der Waals surface area (Å²) in [6.45, 7) is 0. The van der Waals surface area contributed by atoms with Crippen LogP contribution in [0.5, 0.6) is 5.88 Å². The zero-order valence-corrected chi connectivity index (χ0v) is 14.6. The third-order valence-electron chi connectivity index (χ3n) is 3.79. The molecule has 0 bridgehead atoms. The highest BCUT2D eigenvalue weighted by atomic mass is 79.9. The van der Waals surface area contributed by atoms with E-state index in [0.717, 1.165) is 4.47 Å². The molecule has 0 fully saturated rings. The van der Waals surface area contributed by atoms with Crippen molar-refractivity contribution >= 4 is 49.3 Å². The van der Waals surface area contributed by atoms with Crippen molar-refractivity contribution < 1.29 is 9.90 Å². The van der Waals surface area contributed by atoms with Gasteiger partial charge in [-0.2, -0.15) is 4.98 Å². The average Bonchev–Trinajstić information content (AvgIpc) is 2.93. The van der Waals surface area contributed by atoms with Crippen LogP contribution in [0.15, 0.2) is 62.0 Å².